The number of carbonyl (C=O) groups excluding carboxylic acids is 2. The normalized spacial score (nSPS) is 15.5. The maximum atomic E-state index is 12.2. The van der Waals surface area contributed by atoms with Crippen molar-refractivity contribution in [2.75, 3.05) is 6.61 Å². The fourth-order valence-corrected chi connectivity index (χ4v) is 3.98. The van der Waals surface area contributed by atoms with Gasteiger partial charge in [0.1, 0.15) is 5.75 Å². The van der Waals surface area contributed by atoms with Crippen molar-refractivity contribution in [3.05, 3.63) is 55.8 Å². The second-order valence-electron chi connectivity index (χ2n) is 6.45. The third kappa shape index (κ3) is 4.82. The number of nitrogens with zero attached hydrogens (tertiary/aromatic N) is 1. The van der Waals surface area contributed by atoms with E-state index < -0.39 is 10.8 Å². The van der Waals surface area contributed by atoms with E-state index in [1.807, 2.05) is 6.07 Å². The largest absolute Gasteiger partial charge is 0.483 e. The van der Waals surface area contributed by atoms with E-state index in [4.69, 9.17) is 4.74 Å². The topological polar surface area (TPSA) is 111 Å². The number of non-ortho nitro benzene ring substituents is 1. The van der Waals surface area contributed by atoms with Gasteiger partial charge in [0.25, 0.3) is 17.5 Å². The quantitative estimate of drug-likeness (QED) is 0.603. The van der Waals surface area contributed by atoms with Gasteiger partial charge in [-0.1, -0.05) is 13.0 Å². The fourth-order valence-electron chi connectivity index (χ4n) is 2.88. The van der Waals surface area contributed by atoms with Crippen molar-refractivity contribution >= 4 is 28.8 Å². The first-order valence-electron chi connectivity index (χ1n) is 8.50. The molecular formula is C18H19N3O5S. The van der Waals surface area contributed by atoms with E-state index >= 15 is 0 Å². The Morgan fingerprint density at radius 1 is 1.33 bits per heavy atom. The number of thiophene rings is 1. The van der Waals surface area contributed by atoms with Gasteiger partial charge in [0.15, 0.2) is 6.61 Å². The highest BCUT2D eigenvalue weighted by atomic mass is 32.1. The zero-order chi connectivity index (χ0) is 19.4. The third-order valence-electron chi connectivity index (χ3n) is 4.27. The van der Waals surface area contributed by atoms with Gasteiger partial charge in [-0.2, -0.15) is 0 Å². The standard InChI is InChI=1S/C18H19N3O5S/c1-11-5-6-15-12(7-11)8-16(27-15)18(23)20-19-17(22)10-26-14-4-2-3-13(9-14)21(24)25/h2-4,8-9,11H,5-7,10H2,1H3,(H,19,22)(H,20,23). The molecule has 1 heterocycles. The Morgan fingerprint density at radius 3 is 2.93 bits per heavy atom. The highest BCUT2D eigenvalue weighted by Gasteiger charge is 2.21. The number of aryl methyl sites for hydroxylation is 1. The van der Waals surface area contributed by atoms with E-state index in [-0.39, 0.29) is 24.0 Å². The van der Waals surface area contributed by atoms with E-state index in [9.17, 15) is 19.7 Å². The lowest BCUT2D eigenvalue weighted by Crippen LogP contribution is -2.43. The Morgan fingerprint density at radius 2 is 2.15 bits per heavy atom. The molecule has 1 aromatic heterocycles. The molecule has 0 spiro atoms. The molecule has 0 bridgehead atoms. The smallest absolute Gasteiger partial charge is 0.279 e. The summed E-state index contributed by atoms with van der Waals surface area (Å²) in [5.41, 5.74) is 5.74. The lowest BCUT2D eigenvalue weighted by Gasteiger charge is -2.16. The van der Waals surface area contributed by atoms with E-state index in [1.54, 1.807) is 0 Å². The Labute approximate surface area is 159 Å². The van der Waals surface area contributed by atoms with Crippen LogP contribution < -0.4 is 15.6 Å². The van der Waals surface area contributed by atoms with Crippen molar-refractivity contribution in [3.8, 4) is 5.75 Å². The molecule has 2 amide bonds. The molecule has 0 saturated heterocycles. The van der Waals surface area contributed by atoms with E-state index in [1.165, 1.54) is 46.0 Å². The first kappa shape index (κ1) is 18.8. The Balaban J connectivity index is 1.48. The SMILES string of the molecule is CC1CCc2sc(C(=O)NNC(=O)COc3cccc([N+](=O)[O-])c3)cc2C1. The van der Waals surface area contributed by atoms with Gasteiger partial charge in [-0.3, -0.25) is 30.6 Å². The molecule has 3 rings (SSSR count). The van der Waals surface area contributed by atoms with Crippen molar-refractivity contribution in [2.24, 2.45) is 5.92 Å². The Bertz CT molecular complexity index is 880. The highest BCUT2D eigenvalue weighted by molar-refractivity contribution is 7.14. The van der Waals surface area contributed by atoms with Gasteiger partial charge in [-0.15, -0.1) is 11.3 Å². The number of hydrogen-bond donors (Lipinski definition) is 2. The number of nitro benzene ring substituents is 1. The maximum Gasteiger partial charge on any atom is 0.279 e. The molecule has 0 fully saturated rings. The first-order valence-corrected chi connectivity index (χ1v) is 9.32. The van der Waals surface area contributed by atoms with Gasteiger partial charge < -0.3 is 4.74 Å². The van der Waals surface area contributed by atoms with Crippen LogP contribution in [0.15, 0.2) is 30.3 Å². The van der Waals surface area contributed by atoms with Crippen molar-refractivity contribution in [3.63, 3.8) is 0 Å². The predicted molar refractivity (Wildman–Crippen MR) is 99.7 cm³/mol. The van der Waals surface area contributed by atoms with Gasteiger partial charge >= 0.3 is 0 Å². The number of nitro groups is 1. The van der Waals surface area contributed by atoms with Crippen molar-refractivity contribution in [1.29, 1.82) is 0 Å². The van der Waals surface area contributed by atoms with Crippen LogP contribution >= 0.6 is 11.3 Å². The highest BCUT2D eigenvalue weighted by Crippen LogP contribution is 2.32. The molecule has 9 heteroatoms. The summed E-state index contributed by atoms with van der Waals surface area (Å²) in [6, 6.07) is 7.41. The monoisotopic (exact) mass is 389 g/mol. The van der Waals surface area contributed by atoms with Crippen LogP contribution in [0.25, 0.3) is 0 Å². The molecule has 142 valence electrons. The number of rotatable bonds is 5. The number of fused-ring (bicyclic) bond motifs is 1. The zero-order valence-electron chi connectivity index (χ0n) is 14.7. The van der Waals surface area contributed by atoms with E-state index in [2.05, 4.69) is 17.8 Å². The Kier molecular flexibility index (Phi) is 5.70. The number of amides is 2. The van der Waals surface area contributed by atoms with Gasteiger partial charge in [0, 0.05) is 10.9 Å². The summed E-state index contributed by atoms with van der Waals surface area (Å²) >= 11 is 1.45. The summed E-state index contributed by atoms with van der Waals surface area (Å²) in [6.45, 7) is 1.82. The first-order chi connectivity index (χ1) is 12.9. The van der Waals surface area contributed by atoms with Gasteiger partial charge in [0.05, 0.1) is 15.9 Å². The van der Waals surface area contributed by atoms with Crippen LogP contribution in [0.3, 0.4) is 0 Å². The molecule has 1 aromatic carbocycles. The van der Waals surface area contributed by atoms with Crippen LogP contribution in [0.5, 0.6) is 5.75 Å². The molecular weight excluding hydrogens is 370 g/mol. The lowest BCUT2D eigenvalue weighted by atomic mass is 9.90. The molecule has 0 radical (unpaired) electrons. The van der Waals surface area contributed by atoms with Crippen LogP contribution in [0.4, 0.5) is 5.69 Å². The minimum Gasteiger partial charge on any atom is -0.483 e. The molecule has 8 nitrogen and oxygen atoms in total. The van der Waals surface area contributed by atoms with Crippen LogP contribution in [0.1, 0.15) is 33.5 Å². The summed E-state index contributed by atoms with van der Waals surface area (Å²) in [4.78, 5) is 36.0. The molecule has 1 atom stereocenters. The predicted octanol–water partition coefficient (Wildman–Crippen LogP) is 2.62. The lowest BCUT2D eigenvalue weighted by molar-refractivity contribution is -0.384. The van der Waals surface area contributed by atoms with Crippen LogP contribution in [-0.4, -0.2) is 23.3 Å². The number of benzene rings is 1. The van der Waals surface area contributed by atoms with Crippen molar-refractivity contribution < 1.29 is 19.2 Å². The molecule has 2 N–H and O–H groups in total. The zero-order valence-corrected chi connectivity index (χ0v) is 15.5. The van der Waals surface area contributed by atoms with E-state index in [0.29, 0.717) is 10.8 Å². The molecule has 27 heavy (non-hydrogen) atoms. The number of hydrazine groups is 1. The summed E-state index contributed by atoms with van der Waals surface area (Å²) < 4.78 is 5.21. The third-order valence-corrected chi connectivity index (χ3v) is 5.50. The fraction of sp³-hybridized carbons (Fsp3) is 0.333. The summed E-state index contributed by atoms with van der Waals surface area (Å²) in [6.07, 6.45) is 3.08. The molecule has 1 aliphatic carbocycles. The minimum absolute atomic E-state index is 0.128. The van der Waals surface area contributed by atoms with Crippen LogP contribution in [0.2, 0.25) is 0 Å². The number of ether oxygens (including phenoxy) is 1. The Hall–Kier alpha value is -2.94. The molecule has 2 aromatic rings. The molecule has 0 saturated carbocycles. The second kappa shape index (κ2) is 8.17. The van der Waals surface area contributed by atoms with Gasteiger partial charge in [-0.25, -0.2) is 0 Å². The minimum atomic E-state index is -0.565. The molecule has 1 aliphatic rings. The van der Waals surface area contributed by atoms with E-state index in [0.717, 1.165) is 19.3 Å². The molecule has 0 aliphatic heterocycles. The van der Waals surface area contributed by atoms with Crippen LogP contribution in [0, 0.1) is 16.0 Å². The maximum absolute atomic E-state index is 12.2. The summed E-state index contributed by atoms with van der Waals surface area (Å²) in [5, 5.41) is 10.7. The summed E-state index contributed by atoms with van der Waals surface area (Å²) in [7, 11) is 0. The van der Waals surface area contributed by atoms with Crippen molar-refractivity contribution in [2.45, 2.75) is 26.2 Å². The number of hydrogen-bond acceptors (Lipinski definition) is 6. The average molecular weight is 389 g/mol. The molecule has 1 unspecified atom stereocenters. The summed E-state index contributed by atoms with van der Waals surface area (Å²) in [5.74, 6) is -0.116. The van der Waals surface area contributed by atoms with Gasteiger partial charge in [0.2, 0.25) is 0 Å². The average Bonchev–Trinajstić information content (AvgIpc) is 3.07. The van der Waals surface area contributed by atoms with Crippen LogP contribution in [-0.2, 0) is 17.6 Å². The van der Waals surface area contributed by atoms with Crippen molar-refractivity contribution in [1.82, 2.24) is 10.9 Å². The number of carbonyl (C=O) groups is 2. The second-order valence-corrected chi connectivity index (χ2v) is 7.59. The van der Waals surface area contributed by atoms with Gasteiger partial charge in [-0.05, 0) is 42.9 Å². The number of nitrogens with one attached hydrogen (secondary N) is 2.